The Kier molecular flexibility index (Phi) is 4.81. The highest BCUT2D eigenvalue weighted by Gasteiger charge is 2.18. The molecule has 8 nitrogen and oxygen atoms in total. The average molecular weight is 291 g/mol. The Morgan fingerprint density at radius 2 is 2.33 bits per heavy atom. The summed E-state index contributed by atoms with van der Waals surface area (Å²) in [6.07, 6.45) is 2.44. The first kappa shape index (κ1) is 14.9. The van der Waals surface area contributed by atoms with E-state index in [4.69, 9.17) is 9.84 Å². The molecule has 8 heteroatoms. The molecule has 1 unspecified atom stereocenters. The summed E-state index contributed by atoms with van der Waals surface area (Å²) in [4.78, 5) is 15.0. The maximum absolute atomic E-state index is 10.9. The van der Waals surface area contributed by atoms with Crippen LogP contribution < -0.4 is 4.74 Å². The number of tetrazole rings is 1. The fourth-order valence-corrected chi connectivity index (χ4v) is 2.07. The smallest absolute Gasteiger partial charge is 0.303 e. The van der Waals surface area contributed by atoms with E-state index in [-0.39, 0.29) is 12.3 Å². The molecule has 0 radical (unpaired) electrons. The van der Waals surface area contributed by atoms with Crippen LogP contribution in [0, 0.1) is 5.92 Å². The topological polar surface area (TPSA) is 103 Å². The number of methoxy groups -OCH3 is 1. The van der Waals surface area contributed by atoms with Crippen LogP contribution in [0.25, 0.3) is 11.4 Å². The number of hydrogen-bond acceptors (Lipinski definition) is 6. The van der Waals surface area contributed by atoms with Crippen molar-refractivity contribution >= 4 is 5.97 Å². The van der Waals surface area contributed by atoms with Crippen molar-refractivity contribution in [2.75, 3.05) is 7.11 Å². The summed E-state index contributed by atoms with van der Waals surface area (Å²) in [5.74, 6) is 0.0893. The van der Waals surface area contributed by atoms with Crippen LogP contribution in [0.3, 0.4) is 0 Å². The van der Waals surface area contributed by atoms with E-state index in [9.17, 15) is 4.79 Å². The molecule has 21 heavy (non-hydrogen) atoms. The molecule has 0 amide bonds. The van der Waals surface area contributed by atoms with E-state index >= 15 is 0 Å². The van der Waals surface area contributed by atoms with Gasteiger partial charge in [0.25, 0.3) is 0 Å². The molecule has 2 heterocycles. The van der Waals surface area contributed by atoms with E-state index in [0.717, 1.165) is 6.42 Å². The molecule has 0 saturated heterocycles. The second kappa shape index (κ2) is 6.78. The van der Waals surface area contributed by atoms with Crippen molar-refractivity contribution in [1.29, 1.82) is 0 Å². The van der Waals surface area contributed by atoms with E-state index in [0.29, 0.717) is 23.8 Å². The molecule has 0 aromatic carbocycles. The maximum atomic E-state index is 10.9. The number of carboxylic acids is 1. The molecule has 0 spiro atoms. The van der Waals surface area contributed by atoms with Crippen LogP contribution in [0.2, 0.25) is 0 Å². The van der Waals surface area contributed by atoms with Gasteiger partial charge in [0.2, 0.25) is 5.88 Å². The Morgan fingerprint density at radius 3 is 3.00 bits per heavy atom. The van der Waals surface area contributed by atoms with E-state index in [1.165, 1.54) is 7.11 Å². The highest BCUT2D eigenvalue weighted by Crippen LogP contribution is 2.25. The molecule has 2 rings (SSSR count). The first-order valence-corrected chi connectivity index (χ1v) is 6.63. The van der Waals surface area contributed by atoms with Crippen molar-refractivity contribution in [3.05, 3.63) is 18.3 Å². The number of carboxylic acid groups (broad SMARTS) is 1. The third-order valence-electron chi connectivity index (χ3n) is 3.21. The van der Waals surface area contributed by atoms with Gasteiger partial charge < -0.3 is 9.84 Å². The fraction of sp³-hybridized carbons (Fsp3) is 0.462. The van der Waals surface area contributed by atoms with Crippen molar-refractivity contribution in [2.24, 2.45) is 5.92 Å². The van der Waals surface area contributed by atoms with Gasteiger partial charge in [0.05, 0.1) is 12.7 Å². The van der Waals surface area contributed by atoms with E-state index in [2.05, 4.69) is 20.5 Å². The van der Waals surface area contributed by atoms with Gasteiger partial charge in [0, 0.05) is 19.2 Å². The number of carbonyl (C=O) groups is 1. The maximum Gasteiger partial charge on any atom is 0.303 e. The summed E-state index contributed by atoms with van der Waals surface area (Å²) in [5, 5.41) is 20.5. The summed E-state index contributed by atoms with van der Waals surface area (Å²) >= 11 is 0. The quantitative estimate of drug-likeness (QED) is 0.818. The molecule has 0 bridgehead atoms. The first-order valence-electron chi connectivity index (χ1n) is 6.63. The van der Waals surface area contributed by atoms with Gasteiger partial charge >= 0.3 is 5.97 Å². The lowest BCUT2D eigenvalue weighted by Gasteiger charge is -2.13. The van der Waals surface area contributed by atoms with Gasteiger partial charge in [0.1, 0.15) is 0 Å². The average Bonchev–Trinajstić information content (AvgIpc) is 2.94. The van der Waals surface area contributed by atoms with Gasteiger partial charge in [-0.2, -0.15) is 0 Å². The minimum atomic E-state index is -0.824. The highest BCUT2D eigenvalue weighted by atomic mass is 16.5. The van der Waals surface area contributed by atoms with Gasteiger partial charge in [-0.3, -0.25) is 4.79 Å². The SMILES string of the molecule is CCC(CC(=O)O)Cn1nnnc1-c1cccnc1OC. The fourth-order valence-electron chi connectivity index (χ4n) is 2.07. The Labute approximate surface area is 121 Å². The van der Waals surface area contributed by atoms with Crippen molar-refractivity contribution < 1.29 is 14.6 Å². The summed E-state index contributed by atoms with van der Waals surface area (Å²) in [6.45, 7) is 2.38. The summed E-state index contributed by atoms with van der Waals surface area (Å²) < 4.78 is 6.80. The third-order valence-corrected chi connectivity index (χ3v) is 3.21. The number of rotatable bonds is 7. The second-order valence-electron chi connectivity index (χ2n) is 4.62. The van der Waals surface area contributed by atoms with Crippen molar-refractivity contribution in [3.63, 3.8) is 0 Å². The Bertz CT molecular complexity index is 613. The van der Waals surface area contributed by atoms with Gasteiger partial charge in [-0.05, 0) is 28.5 Å². The van der Waals surface area contributed by atoms with Crippen LogP contribution in [0.5, 0.6) is 5.88 Å². The summed E-state index contributed by atoms with van der Waals surface area (Å²) in [7, 11) is 1.53. The van der Waals surface area contributed by atoms with Crippen LogP contribution in [0.1, 0.15) is 19.8 Å². The lowest BCUT2D eigenvalue weighted by molar-refractivity contribution is -0.138. The van der Waals surface area contributed by atoms with Crippen LogP contribution in [0.4, 0.5) is 0 Å². The molecule has 0 aliphatic rings. The second-order valence-corrected chi connectivity index (χ2v) is 4.62. The zero-order chi connectivity index (χ0) is 15.2. The minimum absolute atomic E-state index is 0.0348. The van der Waals surface area contributed by atoms with Gasteiger partial charge in [0.15, 0.2) is 5.82 Å². The van der Waals surface area contributed by atoms with Gasteiger partial charge in [-0.25, -0.2) is 9.67 Å². The largest absolute Gasteiger partial charge is 0.481 e. The molecule has 2 aromatic rings. The summed E-state index contributed by atoms with van der Waals surface area (Å²) in [5.41, 5.74) is 0.676. The highest BCUT2D eigenvalue weighted by molar-refractivity contribution is 5.67. The monoisotopic (exact) mass is 291 g/mol. The minimum Gasteiger partial charge on any atom is -0.481 e. The number of aliphatic carboxylic acids is 1. The number of hydrogen-bond donors (Lipinski definition) is 1. The molecule has 0 saturated carbocycles. The predicted octanol–water partition coefficient (Wildman–Crippen LogP) is 1.24. The van der Waals surface area contributed by atoms with E-state index in [1.807, 2.05) is 13.0 Å². The standard InChI is InChI=1S/C13H17N5O3/c1-3-9(7-11(19)20)8-18-12(15-16-17-18)10-5-4-6-14-13(10)21-2/h4-6,9H,3,7-8H2,1-2H3,(H,19,20). The summed E-state index contributed by atoms with van der Waals surface area (Å²) in [6, 6.07) is 3.58. The number of nitrogens with zero attached hydrogens (tertiary/aromatic N) is 5. The first-order chi connectivity index (χ1) is 10.2. The zero-order valence-electron chi connectivity index (χ0n) is 11.9. The van der Waals surface area contributed by atoms with Crippen LogP contribution in [0.15, 0.2) is 18.3 Å². The molecule has 0 aliphatic carbocycles. The molecule has 112 valence electrons. The molecule has 1 atom stereocenters. The zero-order valence-corrected chi connectivity index (χ0v) is 11.9. The van der Waals surface area contributed by atoms with Crippen molar-refractivity contribution in [1.82, 2.24) is 25.2 Å². The molecular weight excluding hydrogens is 274 g/mol. The molecular formula is C13H17N5O3. The van der Waals surface area contributed by atoms with Gasteiger partial charge in [-0.15, -0.1) is 5.10 Å². The molecule has 2 aromatic heterocycles. The Morgan fingerprint density at radius 1 is 1.52 bits per heavy atom. The van der Waals surface area contributed by atoms with E-state index < -0.39 is 5.97 Å². The molecule has 0 fully saturated rings. The van der Waals surface area contributed by atoms with Gasteiger partial charge in [-0.1, -0.05) is 13.3 Å². The van der Waals surface area contributed by atoms with Crippen LogP contribution >= 0.6 is 0 Å². The Balaban J connectivity index is 2.28. The predicted molar refractivity (Wildman–Crippen MR) is 73.6 cm³/mol. The number of ether oxygens (including phenoxy) is 1. The van der Waals surface area contributed by atoms with E-state index in [1.54, 1.807) is 16.9 Å². The van der Waals surface area contributed by atoms with Crippen molar-refractivity contribution in [2.45, 2.75) is 26.3 Å². The normalized spacial score (nSPS) is 12.1. The molecule has 0 aliphatic heterocycles. The Hall–Kier alpha value is -2.51. The molecule has 1 N–H and O–H groups in total. The lowest BCUT2D eigenvalue weighted by Crippen LogP contribution is -2.16. The van der Waals surface area contributed by atoms with Crippen molar-refractivity contribution in [3.8, 4) is 17.3 Å². The number of pyridine rings is 1. The third kappa shape index (κ3) is 3.53. The van der Waals surface area contributed by atoms with Crippen LogP contribution in [-0.2, 0) is 11.3 Å². The van der Waals surface area contributed by atoms with Crippen LogP contribution in [-0.4, -0.2) is 43.4 Å². The lowest BCUT2D eigenvalue weighted by atomic mass is 10.0. The number of aromatic nitrogens is 5.